The van der Waals surface area contributed by atoms with E-state index in [9.17, 15) is 0 Å². The maximum Gasteiger partial charge on any atom is 0.167 e. The Morgan fingerprint density at radius 2 is 1.47 bits per heavy atom. The zero-order valence-corrected chi connectivity index (χ0v) is 10.4. The van der Waals surface area contributed by atoms with Crippen molar-refractivity contribution in [3.05, 3.63) is 78.0 Å². The SMILES string of the molecule is C(=C\c1cc(-c2ccccc2)on1)/c1ccccc1. The van der Waals surface area contributed by atoms with Crippen LogP contribution < -0.4 is 0 Å². The average molecular weight is 247 g/mol. The molecule has 0 aliphatic rings. The van der Waals surface area contributed by atoms with Gasteiger partial charge >= 0.3 is 0 Å². The van der Waals surface area contributed by atoms with Gasteiger partial charge in [0, 0.05) is 11.6 Å². The first-order valence-electron chi connectivity index (χ1n) is 6.17. The van der Waals surface area contributed by atoms with Crippen molar-refractivity contribution in [2.45, 2.75) is 0 Å². The maximum atomic E-state index is 5.34. The van der Waals surface area contributed by atoms with Crippen LogP contribution in [0.15, 0.2) is 71.3 Å². The molecule has 92 valence electrons. The molecule has 0 amide bonds. The molecule has 3 rings (SSSR count). The van der Waals surface area contributed by atoms with Crippen molar-refractivity contribution in [3.63, 3.8) is 0 Å². The molecule has 3 aromatic rings. The van der Waals surface area contributed by atoms with Crippen molar-refractivity contribution in [1.82, 2.24) is 5.16 Å². The molecule has 0 saturated carbocycles. The fraction of sp³-hybridized carbons (Fsp3) is 0. The summed E-state index contributed by atoms with van der Waals surface area (Å²) in [5, 5.41) is 4.05. The molecule has 1 aromatic heterocycles. The molecule has 0 radical (unpaired) electrons. The number of hydrogen-bond acceptors (Lipinski definition) is 2. The minimum atomic E-state index is 0.785. The highest BCUT2D eigenvalue weighted by Gasteiger charge is 2.03. The van der Waals surface area contributed by atoms with Crippen LogP contribution in [0.1, 0.15) is 11.3 Å². The molecule has 0 unspecified atom stereocenters. The van der Waals surface area contributed by atoms with E-state index in [-0.39, 0.29) is 0 Å². The zero-order valence-electron chi connectivity index (χ0n) is 10.4. The summed E-state index contributed by atoms with van der Waals surface area (Å²) in [7, 11) is 0. The van der Waals surface area contributed by atoms with Crippen LogP contribution in [0.3, 0.4) is 0 Å². The molecule has 1 heterocycles. The smallest absolute Gasteiger partial charge is 0.167 e. The standard InChI is InChI=1S/C17H13NO/c1-3-7-14(8-4-1)11-12-16-13-17(19-18-16)15-9-5-2-6-10-15/h1-13H/b12-11+. The van der Waals surface area contributed by atoms with Gasteiger partial charge in [0.1, 0.15) is 5.69 Å². The summed E-state index contributed by atoms with van der Waals surface area (Å²) in [5.74, 6) is 0.785. The largest absolute Gasteiger partial charge is 0.356 e. The van der Waals surface area contributed by atoms with Gasteiger partial charge in [-0.05, 0) is 11.6 Å². The minimum Gasteiger partial charge on any atom is -0.356 e. The summed E-state index contributed by atoms with van der Waals surface area (Å²) in [5.41, 5.74) is 3.00. The summed E-state index contributed by atoms with van der Waals surface area (Å²) in [6.45, 7) is 0. The number of nitrogens with zero attached hydrogens (tertiary/aromatic N) is 1. The molecule has 2 nitrogen and oxygen atoms in total. The van der Waals surface area contributed by atoms with Gasteiger partial charge in [-0.15, -0.1) is 0 Å². The molecular formula is C17H13NO. The lowest BCUT2D eigenvalue weighted by molar-refractivity contribution is 0.430. The van der Waals surface area contributed by atoms with E-state index in [1.807, 2.05) is 66.7 Å². The normalized spacial score (nSPS) is 10.9. The van der Waals surface area contributed by atoms with E-state index in [0.717, 1.165) is 22.6 Å². The van der Waals surface area contributed by atoms with Crippen LogP contribution in [-0.2, 0) is 0 Å². The predicted octanol–water partition coefficient (Wildman–Crippen LogP) is 4.51. The van der Waals surface area contributed by atoms with Crippen molar-refractivity contribution in [2.75, 3.05) is 0 Å². The number of benzene rings is 2. The third-order valence-electron chi connectivity index (χ3n) is 2.83. The summed E-state index contributed by atoms with van der Waals surface area (Å²) >= 11 is 0. The molecule has 0 aliphatic carbocycles. The van der Waals surface area contributed by atoms with E-state index in [0.29, 0.717) is 0 Å². The summed E-state index contributed by atoms with van der Waals surface area (Å²) in [6.07, 6.45) is 3.97. The van der Waals surface area contributed by atoms with Gasteiger partial charge in [-0.1, -0.05) is 71.9 Å². The molecule has 2 heteroatoms. The van der Waals surface area contributed by atoms with Crippen LogP contribution in [-0.4, -0.2) is 5.16 Å². The van der Waals surface area contributed by atoms with Crippen molar-refractivity contribution in [2.24, 2.45) is 0 Å². The Bertz CT molecular complexity index is 669. The van der Waals surface area contributed by atoms with Gasteiger partial charge in [-0.3, -0.25) is 0 Å². The molecular weight excluding hydrogens is 234 g/mol. The minimum absolute atomic E-state index is 0.785. The Morgan fingerprint density at radius 3 is 2.21 bits per heavy atom. The molecule has 2 aromatic carbocycles. The lowest BCUT2D eigenvalue weighted by atomic mass is 10.1. The van der Waals surface area contributed by atoms with E-state index in [1.165, 1.54) is 0 Å². The Labute approximate surface area is 112 Å². The molecule has 0 saturated heterocycles. The van der Waals surface area contributed by atoms with Crippen LogP contribution in [0.5, 0.6) is 0 Å². The van der Waals surface area contributed by atoms with E-state index in [2.05, 4.69) is 17.3 Å². The molecule has 0 N–H and O–H groups in total. The Balaban J connectivity index is 1.81. The summed E-state index contributed by atoms with van der Waals surface area (Å²) in [6, 6.07) is 22.0. The van der Waals surface area contributed by atoms with Gasteiger partial charge in [-0.25, -0.2) is 0 Å². The molecule has 0 aliphatic heterocycles. The van der Waals surface area contributed by atoms with Gasteiger partial charge in [0.15, 0.2) is 5.76 Å². The molecule has 19 heavy (non-hydrogen) atoms. The highest BCUT2D eigenvalue weighted by molar-refractivity contribution is 5.70. The first kappa shape index (κ1) is 11.5. The summed E-state index contributed by atoms with van der Waals surface area (Å²) < 4.78 is 5.34. The third-order valence-corrected chi connectivity index (χ3v) is 2.83. The second-order valence-corrected chi connectivity index (χ2v) is 4.23. The fourth-order valence-electron chi connectivity index (χ4n) is 1.85. The van der Waals surface area contributed by atoms with Crippen LogP contribution in [0.25, 0.3) is 23.5 Å². The van der Waals surface area contributed by atoms with Gasteiger partial charge in [-0.2, -0.15) is 0 Å². The lowest BCUT2D eigenvalue weighted by Crippen LogP contribution is -1.71. The van der Waals surface area contributed by atoms with Crippen LogP contribution in [0.2, 0.25) is 0 Å². The Kier molecular flexibility index (Phi) is 3.24. The van der Waals surface area contributed by atoms with Crippen molar-refractivity contribution < 1.29 is 4.52 Å². The maximum absolute atomic E-state index is 5.34. The lowest BCUT2D eigenvalue weighted by Gasteiger charge is -1.91. The van der Waals surface area contributed by atoms with Crippen LogP contribution >= 0.6 is 0 Å². The summed E-state index contributed by atoms with van der Waals surface area (Å²) in [4.78, 5) is 0. The fourth-order valence-corrected chi connectivity index (χ4v) is 1.85. The Hall–Kier alpha value is -2.61. The topological polar surface area (TPSA) is 26.0 Å². The predicted molar refractivity (Wildman–Crippen MR) is 77.3 cm³/mol. The first-order valence-corrected chi connectivity index (χ1v) is 6.17. The van der Waals surface area contributed by atoms with E-state index >= 15 is 0 Å². The Morgan fingerprint density at radius 1 is 0.789 bits per heavy atom. The number of aromatic nitrogens is 1. The zero-order chi connectivity index (χ0) is 12.9. The van der Waals surface area contributed by atoms with Gasteiger partial charge in [0.25, 0.3) is 0 Å². The quantitative estimate of drug-likeness (QED) is 0.680. The second kappa shape index (κ2) is 5.36. The van der Waals surface area contributed by atoms with Crippen molar-refractivity contribution >= 4 is 12.2 Å². The van der Waals surface area contributed by atoms with Gasteiger partial charge in [0.2, 0.25) is 0 Å². The van der Waals surface area contributed by atoms with Gasteiger partial charge in [0.05, 0.1) is 0 Å². The van der Waals surface area contributed by atoms with E-state index < -0.39 is 0 Å². The molecule has 0 fully saturated rings. The average Bonchev–Trinajstić information content (AvgIpc) is 2.96. The van der Waals surface area contributed by atoms with Crippen molar-refractivity contribution in [3.8, 4) is 11.3 Å². The highest BCUT2D eigenvalue weighted by Crippen LogP contribution is 2.20. The van der Waals surface area contributed by atoms with E-state index in [1.54, 1.807) is 0 Å². The molecule has 0 bridgehead atoms. The van der Waals surface area contributed by atoms with E-state index in [4.69, 9.17) is 4.52 Å². The van der Waals surface area contributed by atoms with Crippen molar-refractivity contribution in [1.29, 1.82) is 0 Å². The first-order chi connectivity index (χ1) is 9.42. The molecule has 0 spiro atoms. The number of rotatable bonds is 3. The monoisotopic (exact) mass is 247 g/mol. The van der Waals surface area contributed by atoms with Crippen LogP contribution in [0, 0.1) is 0 Å². The third kappa shape index (κ3) is 2.80. The highest BCUT2D eigenvalue weighted by atomic mass is 16.5. The number of hydrogen-bond donors (Lipinski definition) is 0. The molecule has 0 atom stereocenters. The van der Waals surface area contributed by atoms with Crippen LogP contribution in [0.4, 0.5) is 0 Å². The van der Waals surface area contributed by atoms with Gasteiger partial charge < -0.3 is 4.52 Å². The second-order valence-electron chi connectivity index (χ2n) is 4.23.